The molecule has 0 spiro atoms. The van der Waals surface area contributed by atoms with Gasteiger partial charge in [0.05, 0.1) is 23.2 Å². The van der Waals surface area contributed by atoms with E-state index >= 15 is 0 Å². The van der Waals surface area contributed by atoms with Gasteiger partial charge in [-0.1, -0.05) is 12.1 Å². The molecule has 1 fully saturated rings. The Labute approximate surface area is 180 Å². The number of guanidine groups is 1. The summed E-state index contributed by atoms with van der Waals surface area (Å²) in [5.41, 5.74) is 2.29. The van der Waals surface area contributed by atoms with Crippen LogP contribution in [-0.4, -0.2) is 71.4 Å². The number of nitrogens with zero attached hydrogens (tertiary/aromatic N) is 4. The van der Waals surface area contributed by atoms with Crippen LogP contribution in [0.3, 0.4) is 0 Å². The van der Waals surface area contributed by atoms with Gasteiger partial charge >= 0.3 is 0 Å². The van der Waals surface area contributed by atoms with E-state index in [-0.39, 0.29) is 17.7 Å². The molecule has 2 N–H and O–H groups in total. The zero-order valence-electron chi connectivity index (χ0n) is 19.4. The van der Waals surface area contributed by atoms with Gasteiger partial charge < -0.3 is 19.9 Å². The van der Waals surface area contributed by atoms with Crippen molar-refractivity contribution in [3.63, 3.8) is 0 Å². The Kier molecular flexibility index (Phi) is 7.36. The van der Waals surface area contributed by atoms with Gasteiger partial charge in [-0.3, -0.25) is 9.89 Å². The highest BCUT2D eigenvalue weighted by molar-refractivity contribution is 5.79. The van der Waals surface area contributed by atoms with E-state index in [2.05, 4.69) is 82.9 Å². The molecule has 1 aromatic carbocycles. The highest BCUT2D eigenvalue weighted by atomic mass is 16.5. The fraction of sp³-hybridized carbons (Fsp3) is 0.652. The Bertz CT molecular complexity index is 848. The molecule has 2 atom stereocenters. The van der Waals surface area contributed by atoms with Crippen molar-refractivity contribution in [1.29, 1.82) is 0 Å². The van der Waals surface area contributed by atoms with Gasteiger partial charge in [-0.15, -0.1) is 0 Å². The van der Waals surface area contributed by atoms with E-state index < -0.39 is 0 Å². The normalized spacial score (nSPS) is 21.2. The number of aromatic nitrogens is 2. The predicted molar refractivity (Wildman–Crippen MR) is 124 cm³/mol. The molecule has 2 heterocycles. The lowest BCUT2D eigenvalue weighted by Crippen LogP contribution is -2.59. The van der Waals surface area contributed by atoms with Crippen LogP contribution in [0.15, 0.2) is 29.3 Å². The third-order valence-electron chi connectivity index (χ3n) is 5.88. The Morgan fingerprint density at radius 2 is 1.90 bits per heavy atom. The van der Waals surface area contributed by atoms with Crippen LogP contribution in [0.4, 0.5) is 0 Å². The van der Waals surface area contributed by atoms with E-state index in [0.29, 0.717) is 0 Å². The highest BCUT2D eigenvalue weighted by Crippen LogP contribution is 2.20. The van der Waals surface area contributed by atoms with Crippen LogP contribution in [0.1, 0.15) is 39.9 Å². The number of nitrogens with one attached hydrogen (secondary N) is 2. The van der Waals surface area contributed by atoms with E-state index in [1.165, 1.54) is 5.52 Å². The maximum atomic E-state index is 5.88. The number of imidazole rings is 1. The summed E-state index contributed by atoms with van der Waals surface area (Å²) in [6.45, 7) is 15.5. The molecular formula is C23H38N6O. The average molecular weight is 415 g/mol. The lowest BCUT2D eigenvalue weighted by Gasteiger charge is -2.45. The Morgan fingerprint density at radius 1 is 1.20 bits per heavy atom. The van der Waals surface area contributed by atoms with Gasteiger partial charge in [-0.2, -0.15) is 0 Å². The van der Waals surface area contributed by atoms with Crippen molar-refractivity contribution in [3.05, 3.63) is 30.1 Å². The molecular weight excluding hydrogens is 376 g/mol. The molecule has 2 unspecified atom stereocenters. The van der Waals surface area contributed by atoms with Crippen molar-refractivity contribution in [2.75, 3.05) is 33.2 Å². The highest BCUT2D eigenvalue weighted by Gasteiger charge is 2.33. The van der Waals surface area contributed by atoms with Crippen molar-refractivity contribution in [2.45, 2.75) is 65.3 Å². The minimum Gasteiger partial charge on any atom is -0.373 e. The quantitative estimate of drug-likeness (QED) is 0.414. The molecule has 1 aromatic heterocycles. The number of hydrogen-bond acceptors (Lipinski definition) is 4. The summed E-state index contributed by atoms with van der Waals surface area (Å²) in [6.07, 6.45) is 1.55. The van der Waals surface area contributed by atoms with Gasteiger partial charge in [0, 0.05) is 45.3 Å². The minimum absolute atomic E-state index is 0.0246. The SMILES string of the molecule is CN=C(NCCCn1c(C)nc2ccccc21)NCC(C)(C)N1CC(C)OC(C)C1. The van der Waals surface area contributed by atoms with E-state index in [0.717, 1.165) is 56.4 Å². The van der Waals surface area contributed by atoms with Crippen LogP contribution in [0.2, 0.25) is 0 Å². The van der Waals surface area contributed by atoms with Gasteiger partial charge in [0.25, 0.3) is 0 Å². The van der Waals surface area contributed by atoms with Crippen LogP contribution in [0, 0.1) is 6.92 Å². The van der Waals surface area contributed by atoms with Gasteiger partial charge in [0.1, 0.15) is 5.82 Å². The lowest BCUT2D eigenvalue weighted by atomic mass is 10.00. The van der Waals surface area contributed by atoms with Crippen LogP contribution < -0.4 is 10.6 Å². The van der Waals surface area contributed by atoms with Crippen LogP contribution in [0.5, 0.6) is 0 Å². The molecule has 7 nitrogen and oxygen atoms in total. The van der Waals surface area contributed by atoms with Crippen LogP contribution in [0.25, 0.3) is 11.0 Å². The molecule has 0 bridgehead atoms. The maximum Gasteiger partial charge on any atom is 0.191 e. The predicted octanol–water partition coefficient (Wildman–Crippen LogP) is 2.79. The monoisotopic (exact) mass is 414 g/mol. The second-order valence-electron chi connectivity index (χ2n) is 8.98. The van der Waals surface area contributed by atoms with E-state index in [1.807, 2.05) is 13.1 Å². The number of hydrogen-bond donors (Lipinski definition) is 2. The molecule has 7 heteroatoms. The topological polar surface area (TPSA) is 66.7 Å². The van der Waals surface area contributed by atoms with Gasteiger partial charge in [0.15, 0.2) is 5.96 Å². The number of aliphatic imine (C=N–C) groups is 1. The molecule has 1 aliphatic rings. The Balaban J connectivity index is 1.46. The number of morpholine rings is 1. The van der Waals surface area contributed by atoms with Gasteiger partial charge in [-0.05, 0) is 53.2 Å². The third-order valence-corrected chi connectivity index (χ3v) is 5.88. The first-order valence-corrected chi connectivity index (χ1v) is 11.1. The lowest BCUT2D eigenvalue weighted by molar-refractivity contribution is -0.0946. The van der Waals surface area contributed by atoms with Crippen molar-refractivity contribution in [2.24, 2.45) is 4.99 Å². The first kappa shape index (κ1) is 22.6. The van der Waals surface area contributed by atoms with Crippen molar-refractivity contribution >= 4 is 17.0 Å². The fourth-order valence-electron chi connectivity index (χ4n) is 4.23. The van der Waals surface area contributed by atoms with E-state index in [4.69, 9.17) is 4.74 Å². The number of ether oxygens (including phenoxy) is 1. The maximum absolute atomic E-state index is 5.88. The zero-order valence-corrected chi connectivity index (χ0v) is 19.4. The molecule has 166 valence electrons. The van der Waals surface area contributed by atoms with E-state index in [9.17, 15) is 0 Å². The number of rotatable bonds is 7. The summed E-state index contributed by atoms with van der Waals surface area (Å²) in [6, 6.07) is 8.32. The fourth-order valence-corrected chi connectivity index (χ4v) is 4.23. The standard InChI is InChI=1S/C23H38N6O/c1-17-14-28(15-18(2)30-17)23(4,5)16-26-22(24-6)25-12-9-13-29-19(3)27-20-10-7-8-11-21(20)29/h7-8,10-11,17-18H,9,12-16H2,1-6H3,(H2,24,25,26). The van der Waals surface area contributed by atoms with E-state index in [1.54, 1.807) is 0 Å². The average Bonchev–Trinajstić information content (AvgIpc) is 3.02. The summed E-state index contributed by atoms with van der Waals surface area (Å²) < 4.78 is 8.17. The second-order valence-corrected chi connectivity index (χ2v) is 8.98. The number of para-hydroxylation sites is 2. The van der Waals surface area contributed by atoms with Crippen molar-refractivity contribution < 1.29 is 4.74 Å². The molecule has 30 heavy (non-hydrogen) atoms. The zero-order chi connectivity index (χ0) is 21.7. The molecule has 1 aliphatic heterocycles. The number of benzene rings is 1. The molecule has 0 aliphatic carbocycles. The van der Waals surface area contributed by atoms with Crippen molar-refractivity contribution in [3.8, 4) is 0 Å². The Hall–Kier alpha value is -2.12. The van der Waals surface area contributed by atoms with Gasteiger partial charge in [0.2, 0.25) is 0 Å². The summed E-state index contributed by atoms with van der Waals surface area (Å²) in [4.78, 5) is 11.6. The molecule has 3 rings (SSSR count). The Morgan fingerprint density at radius 3 is 2.60 bits per heavy atom. The van der Waals surface area contributed by atoms with Crippen LogP contribution in [-0.2, 0) is 11.3 Å². The minimum atomic E-state index is 0.0246. The van der Waals surface area contributed by atoms with Crippen LogP contribution >= 0.6 is 0 Å². The number of aryl methyl sites for hydroxylation is 2. The first-order chi connectivity index (χ1) is 14.3. The molecule has 0 radical (unpaired) electrons. The first-order valence-electron chi connectivity index (χ1n) is 11.1. The molecule has 0 saturated carbocycles. The summed E-state index contributed by atoms with van der Waals surface area (Å²) >= 11 is 0. The number of fused-ring (bicyclic) bond motifs is 1. The largest absolute Gasteiger partial charge is 0.373 e. The van der Waals surface area contributed by atoms with Crippen molar-refractivity contribution in [1.82, 2.24) is 25.1 Å². The van der Waals surface area contributed by atoms with Gasteiger partial charge in [-0.25, -0.2) is 4.98 Å². The second kappa shape index (κ2) is 9.79. The summed E-state index contributed by atoms with van der Waals surface area (Å²) in [5.74, 6) is 1.92. The summed E-state index contributed by atoms with van der Waals surface area (Å²) in [7, 11) is 1.83. The molecule has 0 amide bonds. The smallest absolute Gasteiger partial charge is 0.191 e. The summed E-state index contributed by atoms with van der Waals surface area (Å²) in [5, 5.41) is 6.96. The molecule has 1 saturated heterocycles. The molecule has 2 aromatic rings. The third kappa shape index (κ3) is 5.52.